The SMILES string of the molecule is O=C(O)CN(CC1CC1)C(=O)CSCc1ccccc1. The van der Waals surface area contributed by atoms with E-state index in [2.05, 4.69) is 0 Å². The Morgan fingerprint density at radius 3 is 2.55 bits per heavy atom. The molecule has 1 saturated carbocycles. The maximum atomic E-state index is 12.1. The van der Waals surface area contributed by atoms with Crippen molar-refractivity contribution in [1.29, 1.82) is 0 Å². The van der Waals surface area contributed by atoms with E-state index in [1.165, 1.54) is 22.2 Å². The Morgan fingerprint density at radius 1 is 1.25 bits per heavy atom. The number of benzene rings is 1. The summed E-state index contributed by atoms with van der Waals surface area (Å²) in [7, 11) is 0. The van der Waals surface area contributed by atoms with Crippen molar-refractivity contribution in [3.63, 3.8) is 0 Å². The maximum Gasteiger partial charge on any atom is 0.323 e. The molecule has 0 spiro atoms. The average molecular weight is 293 g/mol. The summed E-state index contributed by atoms with van der Waals surface area (Å²) in [6.45, 7) is 0.415. The number of hydrogen-bond acceptors (Lipinski definition) is 3. The number of carbonyl (C=O) groups excluding carboxylic acids is 1. The molecule has 1 aliphatic carbocycles. The highest BCUT2D eigenvalue weighted by atomic mass is 32.2. The molecule has 20 heavy (non-hydrogen) atoms. The summed E-state index contributed by atoms with van der Waals surface area (Å²) in [5, 5.41) is 8.87. The zero-order chi connectivity index (χ0) is 14.4. The predicted octanol–water partition coefficient (Wildman–Crippen LogP) is 2.24. The van der Waals surface area contributed by atoms with Gasteiger partial charge in [-0.05, 0) is 24.3 Å². The Bertz CT molecular complexity index is 459. The second kappa shape index (κ2) is 7.33. The Balaban J connectivity index is 1.76. The molecule has 1 aliphatic rings. The fourth-order valence-corrected chi connectivity index (χ4v) is 2.84. The van der Waals surface area contributed by atoms with Gasteiger partial charge in [-0.1, -0.05) is 30.3 Å². The molecule has 1 amide bonds. The van der Waals surface area contributed by atoms with Crippen molar-refractivity contribution in [2.45, 2.75) is 18.6 Å². The van der Waals surface area contributed by atoms with Gasteiger partial charge < -0.3 is 10.0 Å². The van der Waals surface area contributed by atoms with E-state index in [0.717, 1.165) is 18.6 Å². The fourth-order valence-electron chi connectivity index (χ4n) is 1.95. The number of carboxylic acid groups (broad SMARTS) is 1. The predicted molar refractivity (Wildman–Crippen MR) is 79.5 cm³/mol. The molecule has 0 aromatic heterocycles. The molecule has 0 heterocycles. The number of aliphatic carboxylic acids is 1. The summed E-state index contributed by atoms with van der Waals surface area (Å²) in [4.78, 5) is 24.4. The third-order valence-corrected chi connectivity index (χ3v) is 4.18. The van der Waals surface area contributed by atoms with Crippen LogP contribution in [0, 0.1) is 5.92 Å². The summed E-state index contributed by atoms with van der Waals surface area (Å²) in [6.07, 6.45) is 2.22. The normalized spacial score (nSPS) is 14.0. The standard InChI is InChI=1S/C15H19NO3S/c17-14(11-20-10-13-4-2-1-3-5-13)16(9-15(18)19)8-12-6-7-12/h1-5,12H,6-11H2,(H,18,19). The molecule has 0 aliphatic heterocycles. The van der Waals surface area contributed by atoms with Crippen LogP contribution in [0.3, 0.4) is 0 Å². The maximum absolute atomic E-state index is 12.1. The molecule has 1 aromatic rings. The molecule has 0 unspecified atom stereocenters. The van der Waals surface area contributed by atoms with Crippen molar-refractivity contribution >= 4 is 23.6 Å². The van der Waals surface area contributed by atoms with E-state index in [1.54, 1.807) is 0 Å². The van der Waals surface area contributed by atoms with Gasteiger partial charge >= 0.3 is 5.97 Å². The second-order valence-corrected chi connectivity index (χ2v) is 6.08. The van der Waals surface area contributed by atoms with Crippen LogP contribution in [0.2, 0.25) is 0 Å². The lowest BCUT2D eigenvalue weighted by atomic mass is 10.2. The lowest BCUT2D eigenvalue weighted by molar-refractivity contribution is -0.143. The van der Waals surface area contributed by atoms with Crippen molar-refractivity contribution < 1.29 is 14.7 Å². The minimum absolute atomic E-state index is 0.0692. The molecular weight excluding hydrogens is 274 g/mol. The Labute approximate surface area is 123 Å². The third kappa shape index (κ3) is 5.25. The largest absolute Gasteiger partial charge is 0.480 e. The molecule has 0 atom stereocenters. The summed E-state index contributed by atoms with van der Waals surface area (Å²) in [5.74, 6) is 0.621. The van der Waals surface area contributed by atoms with E-state index >= 15 is 0 Å². The monoisotopic (exact) mass is 293 g/mol. The Morgan fingerprint density at radius 2 is 1.95 bits per heavy atom. The van der Waals surface area contributed by atoms with Crippen LogP contribution in [0.5, 0.6) is 0 Å². The highest BCUT2D eigenvalue weighted by Gasteiger charge is 2.27. The van der Waals surface area contributed by atoms with E-state index in [9.17, 15) is 9.59 Å². The molecule has 5 heteroatoms. The number of carboxylic acids is 1. The molecule has 1 fully saturated rings. The van der Waals surface area contributed by atoms with E-state index < -0.39 is 5.97 Å². The first-order valence-electron chi connectivity index (χ1n) is 6.76. The number of amides is 1. The molecular formula is C15H19NO3S. The lowest BCUT2D eigenvalue weighted by Crippen LogP contribution is -2.38. The molecule has 4 nitrogen and oxygen atoms in total. The second-order valence-electron chi connectivity index (χ2n) is 5.09. The van der Waals surface area contributed by atoms with Gasteiger partial charge in [0.15, 0.2) is 0 Å². The summed E-state index contributed by atoms with van der Waals surface area (Å²) >= 11 is 1.53. The average Bonchev–Trinajstić information content (AvgIpc) is 3.22. The van der Waals surface area contributed by atoms with E-state index in [4.69, 9.17) is 5.11 Å². The topological polar surface area (TPSA) is 57.6 Å². The van der Waals surface area contributed by atoms with Crippen LogP contribution in [0.25, 0.3) is 0 Å². The summed E-state index contributed by atoms with van der Waals surface area (Å²) in [5.41, 5.74) is 1.18. The minimum atomic E-state index is -0.938. The number of nitrogens with zero attached hydrogens (tertiary/aromatic N) is 1. The van der Waals surface area contributed by atoms with Gasteiger partial charge in [0.1, 0.15) is 6.54 Å². The van der Waals surface area contributed by atoms with Crippen LogP contribution < -0.4 is 0 Å². The van der Waals surface area contributed by atoms with Gasteiger partial charge in [0.05, 0.1) is 5.75 Å². The van der Waals surface area contributed by atoms with Gasteiger partial charge in [-0.2, -0.15) is 0 Å². The van der Waals surface area contributed by atoms with Gasteiger partial charge in [0.2, 0.25) is 5.91 Å². The van der Waals surface area contributed by atoms with Crippen LogP contribution in [0.15, 0.2) is 30.3 Å². The van der Waals surface area contributed by atoms with Gasteiger partial charge in [-0.25, -0.2) is 0 Å². The summed E-state index contributed by atoms with van der Waals surface area (Å²) < 4.78 is 0. The number of carbonyl (C=O) groups is 2. The fraction of sp³-hybridized carbons (Fsp3) is 0.467. The van der Waals surface area contributed by atoms with Crippen LogP contribution >= 0.6 is 11.8 Å². The quantitative estimate of drug-likeness (QED) is 0.798. The number of rotatable bonds is 8. The molecule has 2 rings (SSSR count). The van der Waals surface area contributed by atoms with Gasteiger partial charge in [-0.3, -0.25) is 9.59 Å². The van der Waals surface area contributed by atoms with Crippen molar-refractivity contribution in [1.82, 2.24) is 4.90 Å². The number of thioether (sulfide) groups is 1. The van der Waals surface area contributed by atoms with Crippen molar-refractivity contribution in [3.05, 3.63) is 35.9 Å². The lowest BCUT2D eigenvalue weighted by Gasteiger charge is -2.20. The molecule has 0 bridgehead atoms. The van der Waals surface area contributed by atoms with E-state index in [0.29, 0.717) is 18.2 Å². The van der Waals surface area contributed by atoms with Crippen molar-refractivity contribution in [2.75, 3.05) is 18.8 Å². The Kier molecular flexibility index (Phi) is 5.47. The minimum Gasteiger partial charge on any atom is -0.480 e. The van der Waals surface area contributed by atoms with Crippen molar-refractivity contribution in [3.8, 4) is 0 Å². The Hall–Kier alpha value is -1.49. The molecule has 0 saturated heterocycles. The molecule has 1 aromatic carbocycles. The van der Waals surface area contributed by atoms with Crippen LogP contribution in [-0.4, -0.2) is 40.7 Å². The van der Waals surface area contributed by atoms with Crippen LogP contribution in [0.1, 0.15) is 18.4 Å². The van der Waals surface area contributed by atoms with E-state index in [1.807, 2.05) is 30.3 Å². The third-order valence-electron chi connectivity index (χ3n) is 3.19. The highest BCUT2D eigenvalue weighted by molar-refractivity contribution is 7.99. The molecule has 1 N–H and O–H groups in total. The zero-order valence-electron chi connectivity index (χ0n) is 11.3. The zero-order valence-corrected chi connectivity index (χ0v) is 12.1. The molecule has 108 valence electrons. The van der Waals surface area contributed by atoms with Gasteiger partial charge in [0, 0.05) is 12.3 Å². The summed E-state index contributed by atoms with van der Waals surface area (Å²) in [6, 6.07) is 9.96. The first-order valence-corrected chi connectivity index (χ1v) is 7.92. The van der Waals surface area contributed by atoms with Gasteiger partial charge in [-0.15, -0.1) is 11.8 Å². The molecule has 0 radical (unpaired) electrons. The number of hydrogen-bond donors (Lipinski definition) is 1. The highest BCUT2D eigenvalue weighted by Crippen LogP contribution is 2.29. The van der Waals surface area contributed by atoms with Crippen molar-refractivity contribution in [2.24, 2.45) is 5.92 Å². The van der Waals surface area contributed by atoms with Crippen LogP contribution in [0.4, 0.5) is 0 Å². The van der Waals surface area contributed by atoms with E-state index in [-0.39, 0.29) is 12.5 Å². The first kappa shape index (κ1) is 14.9. The van der Waals surface area contributed by atoms with Crippen LogP contribution in [-0.2, 0) is 15.3 Å². The smallest absolute Gasteiger partial charge is 0.323 e. The first-order chi connectivity index (χ1) is 9.65. The van der Waals surface area contributed by atoms with Gasteiger partial charge in [0.25, 0.3) is 0 Å².